The van der Waals surface area contributed by atoms with E-state index in [0.717, 1.165) is 10.0 Å². The molecule has 0 aliphatic carbocycles. The molecule has 0 aliphatic rings. The highest BCUT2D eigenvalue weighted by Crippen LogP contribution is 2.27. The van der Waals surface area contributed by atoms with Crippen LogP contribution in [0.5, 0.6) is 0 Å². The third kappa shape index (κ3) is 4.62. The quantitative estimate of drug-likeness (QED) is 0.558. The smallest absolute Gasteiger partial charge is 0.328 e. The van der Waals surface area contributed by atoms with E-state index in [2.05, 4.69) is 25.6 Å². The molecule has 6 nitrogen and oxygen atoms in total. The number of benzene rings is 2. The van der Waals surface area contributed by atoms with E-state index in [0.29, 0.717) is 10.6 Å². The van der Waals surface area contributed by atoms with Crippen LogP contribution in [0.2, 0.25) is 0 Å². The Morgan fingerprint density at radius 1 is 1.15 bits per heavy atom. The lowest BCUT2D eigenvalue weighted by atomic mass is 10.1. The number of hydrogen-bond acceptors (Lipinski definition) is 6. The average Bonchev–Trinajstić information content (AvgIpc) is 3.18. The van der Waals surface area contributed by atoms with Gasteiger partial charge in [0.2, 0.25) is 0 Å². The maximum atomic E-state index is 12.8. The minimum absolute atomic E-state index is 0.143. The number of methoxy groups -OCH3 is 1. The highest BCUT2D eigenvalue weighted by molar-refractivity contribution is 9.10. The summed E-state index contributed by atoms with van der Waals surface area (Å²) in [4.78, 5) is 16.3. The van der Waals surface area contributed by atoms with Gasteiger partial charge in [0.25, 0.3) is 10.0 Å². The van der Waals surface area contributed by atoms with Crippen molar-refractivity contribution in [1.82, 2.24) is 9.71 Å². The van der Waals surface area contributed by atoms with Gasteiger partial charge >= 0.3 is 5.97 Å². The molecule has 1 heterocycles. The van der Waals surface area contributed by atoms with Gasteiger partial charge in [-0.1, -0.05) is 58.4 Å². The lowest BCUT2D eigenvalue weighted by molar-refractivity contribution is -0.142. The summed E-state index contributed by atoms with van der Waals surface area (Å²) in [6, 6.07) is 14.7. The maximum absolute atomic E-state index is 12.8. The van der Waals surface area contributed by atoms with Crippen LogP contribution in [0.4, 0.5) is 0 Å². The number of rotatable bonds is 6. The topological polar surface area (TPSA) is 85.4 Å². The Labute approximate surface area is 169 Å². The Kier molecular flexibility index (Phi) is 6.05. The van der Waals surface area contributed by atoms with Gasteiger partial charge in [-0.2, -0.15) is 4.72 Å². The third-order valence-corrected chi connectivity index (χ3v) is 6.57. The Morgan fingerprint density at radius 2 is 1.81 bits per heavy atom. The lowest BCUT2D eigenvalue weighted by Gasteiger charge is -2.16. The first-order valence-corrected chi connectivity index (χ1v) is 10.9. The molecule has 9 heteroatoms. The van der Waals surface area contributed by atoms with Gasteiger partial charge in [0.05, 0.1) is 7.11 Å². The van der Waals surface area contributed by atoms with Crippen LogP contribution in [0.15, 0.2) is 69.5 Å². The molecule has 0 amide bonds. The molecular weight excluding hydrogens is 452 g/mol. The monoisotopic (exact) mass is 466 g/mol. The number of aromatic nitrogens is 1. The van der Waals surface area contributed by atoms with Crippen LogP contribution in [0.1, 0.15) is 11.6 Å². The fourth-order valence-electron chi connectivity index (χ4n) is 2.34. The molecule has 0 spiro atoms. The van der Waals surface area contributed by atoms with Crippen LogP contribution in [0.25, 0.3) is 10.6 Å². The van der Waals surface area contributed by atoms with Crippen LogP contribution in [-0.4, -0.2) is 26.5 Å². The lowest BCUT2D eigenvalue weighted by Crippen LogP contribution is -2.34. The van der Waals surface area contributed by atoms with Crippen molar-refractivity contribution in [3.05, 3.63) is 70.0 Å². The second-order valence-corrected chi connectivity index (χ2v) is 8.92. The molecule has 2 aromatic carbocycles. The number of carbonyl (C=O) groups excluding carboxylic acids is 1. The molecule has 0 fully saturated rings. The predicted molar refractivity (Wildman–Crippen MR) is 107 cm³/mol. The van der Waals surface area contributed by atoms with E-state index < -0.39 is 22.0 Å². The summed E-state index contributed by atoms with van der Waals surface area (Å²) in [6.07, 6.45) is 0. The van der Waals surface area contributed by atoms with Crippen molar-refractivity contribution in [2.24, 2.45) is 0 Å². The van der Waals surface area contributed by atoms with E-state index in [-0.39, 0.29) is 5.03 Å². The van der Waals surface area contributed by atoms with Gasteiger partial charge in [0, 0.05) is 15.4 Å². The molecule has 1 aromatic heterocycles. The van der Waals surface area contributed by atoms with E-state index in [1.807, 2.05) is 24.3 Å². The molecule has 0 saturated carbocycles. The molecule has 3 rings (SSSR count). The first kappa shape index (κ1) is 19.7. The molecule has 0 bridgehead atoms. The van der Waals surface area contributed by atoms with E-state index >= 15 is 0 Å². The summed E-state index contributed by atoms with van der Waals surface area (Å²) in [5, 5.41) is 1.87. The molecule has 1 unspecified atom stereocenters. The highest BCUT2D eigenvalue weighted by Gasteiger charge is 2.29. The van der Waals surface area contributed by atoms with Crippen LogP contribution >= 0.6 is 27.3 Å². The fraction of sp³-hybridized carbons (Fsp3) is 0.111. The van der Waals surface area contributed by atoms with Gasteiger partial charge in [-0.15, -0.1) is 11.3 Å². The van der Waals surface area contributed by atoms with Crippen LogP contribution in [-0.2, 0) is 19.6 Å². The molecule has 0 radical (unpaired) electrons. The predicted octanol–water partition coefficient (Wildman–Crippen LogP) is 3.77. The van der Waals surface area contributed by atoms with E-state index in [1.54, 1.807) is 30.3 Å². The molecule has 1 atom stereocenters. The third-order valence-electron chi connectivity index (χ3n) is 3.69. The SMILES string of the molecule is COC(=O)C(NS(=O)(=O)c1csc(-c2ccc(Br)cc2)n1)c1ccccc1. The number of halogens is 1. The number of ether oxygens (including phenoxy) is 1. The standard InChI is InChI=1S/C18H15BrN2O4S2/c1-25-18(22)16(12-5-3-2-4-6-12)21-27(23,24)15-11-26-17(20-15)13-7-9-14(19)10-8-13/h2-11,16,21H,1H3. The van der Waals surface area contributed by atoms with E-state index in [9.17, 15) is 13.2 Å². The highest BCUT2D eigenvalue weighted by atomic mass is 79.9. The Balaban J connectivity index is 1.89. The molecule has 1 N–H and O–H groups in total. The van der Waals surface area contributed by atoms with Gasteiger partial charge < -0.3 is 4.74 Å². The molecule has 0 aliphatic heterocycles. The summed E-state index contributed by atoms with van der Waals surface area (Å²) in [7, 11) is -2.81. The number of sulfonamides is 1. The number of thiazole rings is 1. The second kappa shape index (κ2) is 8.30. The zero-order valence-corrected chi connectivity index (χ0v) is 17.3. The van der Waals surface area contributed by atoms with E-state index in [4.69, 9.17) is 4.74 Å². The van der Waals surface area contributed by atoms with Crippen molar-refractivity contribution >= 4 is 43.3 Å². The van der Waals surface area contributed by atoms with Gasteiger partial charge in [-0.25, -0.2) is 18.2 Å². The summed E-state index contributed by atoms with van der Waals surface area (Å²) >= 11 is 4.57. The van der Waals surface area contributed by atoms with E-state index in [1.165, 1.54) is 23.8 Å². The number of hydrogen-bond donors (Lipinski definition) is 1. The van der Waals surface area contributed by atoms with Crippen molar-refractivity contribution in [3.8, 4) is 10.6 Å². The number of nitrogens with zero attached hydrogens (tertiary/aromatic N) is 1. The van der Waals surface area contributed by atoms with Crippen LogP contribution < -0.4 is 4.72 Å². The van der Waals surface area contributed by atoms with Crippen molar-refractivity contribution in [2.45, 2.75) is 11.1 Å². The van der Waals surface area contributed by atoms with Crippen molar-refractivity contribution in [1.29, 1.82) is 0 Å². The number of carbonyl (C=O) groups is 1. The van der Waals surface area contributed by atoms with Crippen LogP contribution in [0.3, 0.4) is 0 Å². The maximum Gasteiger partial charge on any atom is 0.328 e. The van der Waals surface area contributed by atoms with Crippen LogP contribution in [0, 0.1) is 0 Å². The molecule has 3 aromatic rings. The Morgan fingerprint density at radius 3 is 2.44 bits per heavy atom. The van der Waals surface area contributed by atoms with Gasteiger partial charge in [-0.3, -0.25) is 0 Å². The second-order valence-electron chi connectivity index (χ2n) is 5.49. The van der Waals surface area contributed by atoms with Crippen molar-refractivity contribution < 1.29 is 17.9 Å². The largest absolute Gasteiger partial charge is 0.468 e. The minimum atomic E-state index is -4.02. The summed E-state index contributed by atoms with van der Waals surface area (Å²) < 4.78 is 33.6. The minimum Gasteiger partial charge on any atom is -0.468 e. The first-order chi connectivity index (χ1) is 12.9. The first-order valence-electron chi connectivity index (χ1n) is 7.77. The Hall–Kier alpha value is -2.07. The molecule has 27 heavy (non-hydrogen) atoms. The summed E-state index contributed by atoms with van der Waals surface area (Å²) in [5.41, 5.74) is 1.29. The average molecular weight is 467 g/mol. The molecule has 140 valence electrons. The Bertz CT molecular complexity index is 1030. The van der Waals surface area contributed by atoms with Gasteiger partial charge in [0.1, 0.15) is 11.0 Å². The number of nitrogens with one attached hydrogen (secondary N) is 1. The van der Waals surface area contributed by atoms with Crippen molar-refractivity contribution in [2.75, 3.05) is 7.11 Å². The summed E-state index contributed by atoms with van der Waals surface area (Å²) in [5.74, 6) is -0.701. The van der Waals surface area contributed by atoms with Gasteiger partial charge in [0.15, 0.2) is 5.03 Å². The fourth-order valence-corrected chi connectivity index (χ4v) is 4.87. The zero-order chi connectivity index (χ0) is 19.4. The molecule has 0 saturated heterocycles. The van der Waals surface area contributed by atoms with Gasteiger partial charge in [-0.05, 0) is 17.7 Å². The molecular formula is C18H15BrN2O4S2. The normalized spacial score (nSPS) is 12.5. The summed E-state index contributed by atoms with van der Waals surface area (Å²) in [6.45, 7) is 0. The van der Waals surface area contributed by atoms with Crippen molar-refractivity contribution in [3.63, 3.8) is 0 Å². The zero-order valence-electron chi connectivity index (χ0n) is 14.1. The number of esters is 1.